The van der Waals surface area contributed by atoms with Crippen molar-refractivity contribution < 1.29 is 9.53 Å². The molecule has 0 aromatic heterocycles. The lowest BCUT2D eigenvalue weighted by Gasteiger charge is -2.33. The number of hydrogen-bond acceptors (Lipinski definition) is 3. The summed E-state index contributed by atoms with van der Waals surface area (Å²) in [6.07, 6.45) is 3.27. The molecule has 4 heteroatoms. The van der Waals surface area contributed by atoms with Crippen molar-refractivity contribution in [2.45, 2.75) is 67.3 Å². The summed E-state index contributed by atoms with van der Waals surface area (Å²) in [6.45, 7) is 14.8. The van der Waals surface area contributed by atoms with Crippen LogP contribution in [0.4, 0.5) is 0 Å². The van der Waals surface area contributed by atoms with E-state index in [1.165, 1.54) is 0 Å². The van der Waals surface area contributed by atoms with Crippen LogP contribution in [0.2, 0.25) is 0 Å². The van der Waals surface area contributed by atoms with Crippen LogP contribution in [0.25, 0.3) is 5.76 Å². The maximum Gasteiger partial charge on any atom is 0.311 e. The molecule has 1 aliphatic rings. The number of fused-ring (bicyclic) bond motifs is 1. The van der Waals surface area contributed by atoms with Gasteiger partial charge in [-0.2, -0.15) is 0 Å². The van der Waals surface area contributed by atoms with Crippen molar-refractivity contribution in [1.82, 2.24) is 5.32 Å². The monoisotopic (exact) mass is 387 g/mol. The number of esters is 1. The number of rotatable bonds is 4. The van der Waals surface area contributed by atoms with Crippen molar-refractivity contribution in [3.8, 4) is 0 Å². The predicted octanol–water partition coefficient (Wildman–Crippen LogP) is 6.05. The van der Waals surface area contributed by atoms with Gasteiger partial charge in [0.15, 0.2) is 0 Å². The van der Waals surface area contributed by atoms with E-state index in [-0.39, 0.29) is 28.8 Å². The lowest BCUT2D eigenvalue weighted by Crippen LogP contribution is -2.35. The predicted molar refractivity (Wildman–Crippen MR) is 116 cm³/mol. The Hall–Kier alpha value is -1.68. The van der Waals surface area contributed by atoms with Gasteiger partial charge in [-0.25, -0.2) is 0 Å². The molecule has 2 rings (SSSR count). The molecule has 2 unspecified atom stereocenters. The van der Waals surface area contributed by atoms with Crippen LogP contribution in [0.3, 0.4) is 0 Å². The van der Waals surface area contributed by atoms with Crippen LogP contribution < -0.4 is 5.32 Å². The zero-order chi connectivity index (χ0) is 20.4. The summed E-state index contributed by atoms with van der Waals surface area (Å²) in [5.74, 6) is 0.632. The molecule has 27 heavy (non-hydrogen) atoms. The Morgan fingerprint density at radius 1 is 1.07 bits per heavy atom. The van der Waals surface area contributed by atoms with Crippen molar-refractivity contribution in [2.24, 2.45) is 16.7 Å². The SMILES string of the molecule is CC1C=C(OC(=O)CC(C)(C)C)c2ccccc2C1NC(=S)CC(C)(C)C. The quantitative estimate of drug-likeness (QED) is 0.504. The lowest BCUT2D eigenvalue weighted by molar-refractivity contribution is -0.138. The van der Waals surface area contributed by atoms with Crippen LogP contribution in [-0.4, -0.2) is 11.0 Å². The molecule has 1 aromatic carbocycles. The minimum Gasteiger partial charge on any atom is -0.426 e. The molecule has 3 nitrogen and oxygen atoms in total. The second-order valence-corrected chi connectivity index (χ2v) is 10.5. The minimum absolute atomic E-state index is 0.0844. The summed E-state index contributed by atoms with van der Waals surface area (Å²) in [6, 6.07) is 8.19. The van der Waals surface area contributed by atoms with Gasteiger partial charge in [-0.3, -0.25) is 4.79 Å². The highest BCUT2D eigenvalue weighted by Crippen LogP contribution is 2.38. The van der Waals surface area contributed by atoms with E-state index in [9.17, 15) is 4.79 Å². The number of carbonyl (C=O) groups is 1. The molecule has 0 radical (unpaired) electrons. The largest absolute Gasteiger partial charge is 0.426 e. The van der Waals surface area contributed by atoms with E-state index < -0.39 is 0 Å². The molecule has 0 saturated carbocycles. The molecule has 0 fully saturated rings. The Bertz CT molecular complexity index is 737. The van der Waals surface area contributed by atoms with Crippen LogP contribution in [0.5, 0.6) is 0 Å². The fraction of sp³-hybridized carbons (Fsp3) is 0.565. The Morgan fingerprint density at radius 2 is 1.67 bits per heavy atom. The van der Waals surface area contributed by atoms with Crippen molar-refractivity contribution >= 4 is 28.9 Å². The average molecular weight is 388 g/mol. The summed E-state index contributed by atoms with van der Waals surface area (Å²) in [7, 11) is 0. The van der Waals surface area contributed by atoms with Crippen molar-refractivity contribution in [2.75, 3.05) is 0 Å². The van der Waals surface area contributed by atoms with Gasteiger partial charge < -0.3 is 10.1 Å². The van der Waals surface area contributed by atoms with Crippen LogP contribution in [0.1, 0.15) is 78.5 Å². The number of benzene rings is 1. The molecule has 1 aromatic rings. The third kappa shape index (κ3) is 6.46. The topological polar surface area (TPSA) is 38.3 Å². The molecule has 0 amide bonds. The molecule has 1 aliphatic carbocycles. The molecule has 0 heterocycles. The first-order valence-corrected chi connectivity index (χ1v) is 10.1. The Kier molecular flexibility index (Phi) is 6.51. The van der Waals surface area contributed by atoms with Gasteiger partial charge >= 0.3 is 5.97 Å². The second kappa shape index (κ2) is 8.14. The maximum atomic E-state index is 12.4. The van der Waals surface area contributed by atoms with Gasteiger partial charge in [0.1, 0.15) is 5.76 Å². The zero-order valence-corrected chi connectivity index (χ0v) is 18.5. The first-order valence-electron chi connectivity index (χ1n) is 9.67. The summed E-state index contributed by atoms with van der Waals surface area (Å²) in [5, 5.41) is 3.54. The van der Waals surface area contributed by atoms with Crippen molar-refractivity contribution in [1.29, 1.82) is 0 Å². The summed E-state index contributed by atoms with van der Waals surface area (Å²) >= 11 is 5.61. The molecule has 0 aliphatic heterocycles. The lowest BCUT2D eigenvalue weighted by atomic mass is 9.84. The number of nitrogens with one attached hydrogen (secondary N) is 1. The Balaban J connectivity index is 2.23. The highest BCUT2D eigenvalue weighted by atomic mass is 32.1. The van der Waals surface area contributed by atoms with Gasteiger partial charge in [0.25, 0.3) is 0 Å². The first-order chi connectivity index (χ1) is 12.4. The van der Waals surface area contributed by atoms with E-state index in [0.717, 1.165) is 22.5 Å². The second-order valence-electron chi connectivity index (χ2n) is 9.97. The normalized spacial score (nSPS) is 19.7. The van der Waals surface area contributed by atoms with Gasteiger partial charge in [-0.1, -0.05) is 84.9 Å². The van der Waals surface area contributed by atoms with Gasteiger partial charge in [0.2, 0.25) is 0 Å². The Labute approximate surface area is 169 Å². The number of carbonyl (C=O) groups excluding carboxylic acids is 1. The molecular weight excluding hydrogens is 354 g/mol. The van der Waals surface area contributed by atoms with E-state index in [0.29, 0.717) is 12.2 Å². The first kappa shape index (κ1) is 21.6. The third-order valence-corrected chi connectivity index (χ3v) is 4.67. The molecular formula is C23H33NO2S. The molecule has 0 bridgehead atoms. The molecule has 148 valence electrons. The van der Waals surface area contributed by atoms with E-state index in [1.807, 2.05) is 45.0 Å². The van der Waals surface area contributed by atoms with E-state index >= 15 is 0 Å². The van der Waals surface area contributed by atoms with Crippen LogP contribution in [0, 0.1) is 16.7 Å². The Morgan fingerprint density at radius 3 is 2.26 bits per heavy atom. The number of hydrogen-bond donors (Lipinski definition) is 1. The van der Waals surface area contributed by atoms with Crippen LogP contribution in [-0.2, 0) is 9.53 Å². The number of thiocarbonyl (C=S) groups is 1. The summed E-state index contributed by atoms with van der Waals surface area (Å²) in [4.78, 5) is 13.2. The van der Waals surface area contributed by atoms with Crippen LogP contribution >= 0.6 is 12.2 Å². The van der Waals surface area contributed by atoms with Crippen molar-refractivity contribution in [3.05, 3.63) is 41.5 Å². The van der Waals surface area contributed by atoms with E-state index in [4.69, 9.17) is 17.0 Å². The molecule has 1 N–H and O–H groups in total. The van der Waals surface area contributed by atoms with Crippen LogP contribution in [0.15, 0.2) is 30.3 Å². The maximum absolute atomic E-state index is 12.4. The minimum atomic E-state index is -0.189. The molecule has 0 saturated heterocycles. The third-order valence-electron chi connectivity index (χ3n) is 4.41. The summed E-state index contributed by atoms with van der Waals surface area (Å²) in [5.41, 5.74) is 2.14. The molecule has 0 spiro atoms. The standard InChI is InChI=1S/C23H33NO2S/c1-15-12-18(26-20(25)14-23(5,6)7)16-10-8-9-11-17(16)21(15)24-19(27)13-22(2,3)4/h8-12,15,21H,13-14H2,1-7H3,(H,24,27). The van der Waals surface area contributed by atoms with E-state index in [2.05, 4.69) is 39.1 Å². The van der Waals surface area contributed by atoms with Gasteiger partial charge in [-0.15, -0.1) is 0 Å². The highest BCUT2D eigenvalue weighted by molar-refractivity contribution is 7.80. The van der Waals surface area contributed by atoms with Crippen molar-refractivity contribution in [3.63, 3.8) is 0 Å². The van der Waals surface area contributed by atoms with Gasteiger partial charge in [0.05, 0.1) is 17.5 Å². The average Bonchev–Trinajstić information content (AvgIpc) is 2.47. The van der Waals surface area contributed by atoms with Gasteiger partial charge in [0, 0.05) is 17.9 Å². The molecule has 2 atom stereocenters. The fourth-order valence-electron chi connectivity index (χ4n) is 3.30. The summed E-state index contributed by atoms with van der Waals surface area (Å²) < 4.78 is 5.76. The van der Waals surface area contributed by atoms with Gasteiger partial charge in [-0.05, 0) is 22.5 Å². The van der Waals surface area contributed by atoms with E-state index in [1.54, 1.807) is 0 Å². The highest BCUT2D eigenvalue weighted by Gasteiger charge is 2.30. The number of ether oxygens (including phenoxy) is 1. The zero-order valence-electron chi connectivity index (χ0n) is 17.7. The smallest absolute Gasteiger partial charge is 0.311 e. The fourth-order valence-corrected chi connectivity index (χ4v) is 3.86.